The molecular formula is C18H20F6N4O4S. The number of rotatable bonds is 6. The van der Waals surface area contributed by atoms with E-state index in [9.17, 15) is 35.9 Å². The molecule has 0 radical (unpaired) electrons. The molecule has 1 aromatic heterocycles. The minimum atomic E-state index is -5.82. The summed E-state index contributed by atoms with van der Waals surface area (Å²) in [6.45, 7) is 1.55. The number of carbonyl (C=O) groups excluding carboxylic acids is 2. The Labute approximate surface area is 188 Å². The molecule has 15 heteroatoms. The number of urea groups is 1. The third-order valence-corrected chi connectivity index (χ3v) is 5.06. The molecule has 8 nitrogen and oxygen atoms in total. The second-order valence-corrected chi connectivity index (χ2v) is 8.16. The van der Waals surface area contributed by atoms with Crippen molar-refractivity contribution in [3.8, 4) is 0 Å². The number of aromatic nitrogens is 1. The summed E-state index contributed by atoms with van der Waals surface area (Å²) in [5.41, 5.74) is -4.05. The molecule has 0 saturated heterocycles. The highest BCUT2D eigenvalue weighted by atomic mass is 32.2. The highest BCUT2D eigenvalue weighted by Crippen LogP contribution is 2.36. The van der Waals surface area contributed by atoms with Gasteiger partial charge in [-0.05, 0) is 26.0 Å². The van der Waals surface area contributed by atoms with Crippen LogP contribution in [0.25, 0.3) is 0 Å². The van der Waals surface area contributed by atoms with Crippen LogP contribution in [0.4, 0.5) is 37.0 Å². The quantitative estimate of drug-likeness (QED) is 0.362. The Balaban J connectivity index is 2.54. The smallest absolute Gasteiger partial charge is 0.448 e. The molecule has 0 saturated carbocycles. The predicted octanol–water partition coefficient (Wildman–Crippen LogP) is 3.80. The molecule has 0 unspecified atom stereocenters. The number of nitrogens with one attached hydrogen (secondary N) is 1. The van der Waals surface area contributed by atoms with E-state index < -0.39 is 43.3 Å². The number of amidine groups is 1. The number of thioether (sulfide) groups is 1. The first-order valence-corrected chi connectivity index (χ1v) is 10.3. The van der Waals surface area contributed by atoms with Gasteiger partial charge in [-0.1, -0.05) is 24.8 Å². The van der Waals surface area contributed by atoms with E-state index in [-0.39, 0.29) is 22.8 Å². The molecule has 0 spiro atoms. The minimum absolute atomic E-state index is 0.0612. The number of anilines is 1. The number of halogens is 6. The van der Waals surface area contributed by atoms with Crippen molar-refractivity contribution in [1.29, 1.82) is 0 Å². The number of pyridine rings is 1. The normalized spacial score (nSPS) is 18.3. The first-order valence-electron chi connectivity index (χ1n) is 9.42. The Kier molecular flexibility index (Phi) is 8.22. The van der Waals surface area contributed by atoms with Crippen LogP contribution in [-0.4, -0.2) is 65.2 Å². The zero-order valence-corrected chi connectivity index (χ0v) is 18.4. The van der Waals surface area contributed by atoms with Crippen molar-refractivity contribution in [3.05, 3.63) is 23.9 Å². The van der Waals surface area contributed by atoms with E-state index in [1.54, 1.807) is 19.9 Å². The molecular weight excluding hydrogens is 482 g/mol. The van der Waals surface area contributed by atoms with E-state index in [0.29, 0.717) is 10.6 Å². The number of aryl methyl sites for hydroxylation is 1. The van der Waals surface area contributed by atoms with Gasteiger partial charge >= 0.3 is 30.1 Å². The highest BCUT2D eigenvalue weighted by molar-refractivity contribution is 8.15. The fraction of sp³-hybridized carbons (Fsp3) is 0.556. The van der Waals surface area contributed by atoms with Gasteiger partial charge in [0.05, 0.1) is 13.2 Å². The molecule has 1 aromatic rings. The summed E-state index contributed by atoms with van der Waals surface area (Å²) in [6, 6.07) is 2.66. The summed E-state index contributed by atoms with van der Waals surface area (Å²) in [5.74, 6) is -2.43. The van der Waals surface area contributed by atoms with Gasteiger partial charge in [-0.3, -0.25) is 10.3 Å². The molecule has 2 amide bonds. The van der Waals surface area contributed by atoms with Gasteiger partial charge in [0.25, 0.3) is 0 Å². The van der Waals surface area contributed by atoms with Crippen molar-refractivity contribution in [2.24, 2.45) is 4.99 Å². The number of alkyl halides is 6. The van der Waals surface area contributed by atoms with Crippen LogP contribution in [0.2, 0.25) is 0 Å². The van der Waals surface area contributed by atoms with Crippen LogP contribution < -0.4 is 10.2 Å². The average Bonchev–Trinajstić information content (AvgIpc) is 3.09. The maximum absolute atomic E-state index is 14.0. The fourth-order valence-corrected chi connectivity index (χ4v) is 3.51. The monoisotopic (exact) mass is 502 g/mol. The van der Waals surface area contributed by atoms with Crippen LogP contribution >= 0.6 is 11.8 Å². The lowest BCUT2D eigenvalue weighted by Gasteiger charge is -2.35. The number of hydrogen-bond donors (Lipinski definition) is 1. The van der Waals surface area contributed by atoms with Crippen LogP contribution in [0.15, 0.2) is 23.2 Å². The second kappa shape index (κ2) is 10.2. The van der Waals surface area contributed by atoms with Gasteiger partial charge in [0, 0.05) is 10.9 Å². The van der Waals surface area contributed by atoms with Crippen molar-refractivity contribution in [2.45, 2.75) is 44.1 Å². The van der Waals surface area contributed by atoms with E-state index in [1.165, 1.54) is 17.4 Å². The van der Waals surface area contributed by atoms with Crippen molar-refractivity contribution in [1.82, 2.24) is 10.3 Å². The summed E-state index contributed by atoms with van der Waals surface area (Å²) in [4.78, 5) is 34.1. The van der Waals surface area contributed by atoms with E-state index in [0.717, 1.165) is 18.7 Å². The standard InChI is InChI=1S/C18H20F6N4O4S/c1-4-31-13(29)17(18(22,23)24,32-9-16(19,20)21)27-14(30)28(15-25-8-11(3)33-15)12-7-5-6-10(2)26-12/h5-7,11H,4,8-9H2,1-3H3,(H,27,30)/t11-,17-/m1/s1. The number of amides is 2. The van der Waals surface area contributed by atoms with Gasteiger partial charge in [0.1, 0.15) is 12.4 Å². The molecule has 0 aliphatic carbocycles. The van der Waals surface area contributed by atoms with Crippen molar-refractivity contribution >= 4 is 34.7 Å². The molecule has 1 N–H and O–H groups in total. The molecule has 33 heavy (non-hydrogen) atoms. The first-order chi connectivity index (χ1) is 15.2. The average molecular weight is 502 g/mol. The van der Waals surface area contributed by atoms with Crippen molar-refractivity contribution in [3.63, 3.8) is 0 Å². The molecule has 1 aliphatic rings. The lowest BCUT2D eigenvalue weighted by molar-refractivity contribution is -0.305. The second-order valence-electron chi connectivity index (χ2n) is 6.76. The zero-order chi connectivity index (χ0) is 25.0. The molecule has 2 heterocycles. The van der Waals surface area contributed by atoms with E-state index in [2.05, 4.69) is 19.5 Å². The molecule has 0 aromatic carbocycles. The van der Waals surface area contributed by atoms with Gasteiger partial charge < -0.3 is 9.47 Å². The Bertz CT molecular complexity index is 911. The fourth-order valence-electron chi connectivity index (χ4n) is 2.57. The van der Waals surface area contributed by atoms with Crippen LogP contribution in [0.1, 0.15) is 19.5 Å². The third-order valence-electron chi connectivity index (χ3n) is 3.98. The largest absolute Gasteiger partial charge is 0.462 e. The topological polar surface area (TPSA) is 93.1 Å². The van der Waals surface area contributed by atoms with Crippen LogP contribution in [0, 0.1) is 6.92 Å². The Morgan fingerprint density at radius 2 is 1.91 bits per heavy atom. The van der Waals surface area contributed by atoms with E-state index in [1.807, 2.05) is 0 Å². The summed E-state index contributed by atoms with van der Waals surface area (Å²) < 4.78 is 88.4. The lowest BCUT2D eigenvalue weighted by atomic mass is 10.2. The summed E-state index contributed by atoms with van der Waals surface area (Å²) in [5, 5.41) is 1.07. The number of hydrogen-bond acceptors (Lipinski definition) is 7. The maximum atomic E-state index is 14.0. The van der Waals surface area contributed by atoms with Gasteiger partial charge in [-0.2, -0.15) is 26.3 Å². The molecule has 2 atom stereocenters. The number of carbonyl (C=O) groups is 2. The third kappa shape index (κ3) is 6.50. The van der Waals surface area contributed by atoms with Crippen LogP contribution in [-0.2, 0) is 14.3 Å². The van der Waals surface area contributed by atoms with E-state index in [4.69, 9.17) is 0 Å². The zero-order valence-electron chi connectivity index (χ0n) is 17.6. The maximum Gasteiger partial charge on any atom is 0.448 e. The first kappa shape index (κ1) is 26.7. The number of ether oxygens (including phenoxy) is 2. The SMILES string of the molecule is CCOC(=O)[C@@](NC(=O)N(C1=NC[C@@H](C)S1)c1cccc(C)n1)(OCC(F)(F)F)C(F)(F)F. The molecule has 0 bridgehead atoms. The predicted molar refractivity (Wildman–Crippen MR) is 107 cm³/mol. The molecule has 0 fully saturated rings. The molecule has 2 rings (SSSR count). The number of esters is 1. The Morgan fingerprint density at radius 3 is 2.39 bits per heavy atom. The summed E-state index contributed by atoms with van der Waals surface area (Å²) in [7, 11) is 0. The summed E-state index contributed by atoms with van der Waals surface area (Å²) in [6.07, 6.45) is -11.1. The Morgan fingerprint density at radius 1 is 1.24 bits per heavy atom. The van der Waals surface area contributed by atoms with Crippen molar-refractivity contribution in [2.75, 3.05) is 24.7 Å². The van der Waals surface area contributed by atoms with Gasteiger partial charge in [0.15, 0.2) is 5.17 Å². The van der Waals surface area contributed by atoms with Gasteiger partial charge in [-0.25, -0.2) is 19.5 Å². The van der Waals surface area contributed by atoms with Crippen molar-refractivity contribution < 1.29 is 45.4 Å². The van der Waals surface area contributed by atoms with Gasteiger partial charge in [0.2, 0.25) is 0 Å². The Hall–Kier alpha value is -2.55. The van der Waals surface area contributed by atoms with E-state index >= 15 is 0 Å². The number of aliphatic imine (C=N–C) groups is 1. The molecule has 1 aliphatic heterocycles. The molecule has 184 valence electrons. The minimum Gasteiger partial charge on any atom is -0.462 e. The summed E-state index contributed by atoms with van der Waals surface area (Å²) >= 11 is 1.03. The number of nitrogens with zero attached hydrogens (tertiary/aromatic N) is 3. The van der Waals surface area contributed by atoms with Gasteiger partial charge in [-0.15, -0.1) is 0 Å². The van der Waals surface area contributed by atoms with Crippen LogP contribution in [0.5, 0.6) is 0 Å². The lowest BCUT2D eigenvalue weighted by Crippen LogP contribution is -2.68. The van der Waals surface area contributed by atoms with Crippen LogP contribution in [0.3, 0.4) is 0 Å². The highest BCUT2D eigenvalue weighted by Gasteiger charge is 2.66.